The topological polar surface area (TPSA) is 26.0 Å². The van der Waals surface area contributed by atoms with Gasteiger partial charge in [-0.05, 0) is 28.3 Å². The maximum Gasteiger partial charge on any atom is 0.0349 e. The monoisotopic (exact) mass is 259 g/mol. The molecule has 1 heteroatoms. The molecule has 0 saturated heterocycles. The lowest BCUT2D eigenvalue weighted by Gasteiger charge is -2.11. The first-order chi connectivity index (χ1) is 9.84. The molecule has 0 aliphatic carbocycles. The van der Waals surface area contributed by atoms with Crippen molar-refractivity contribution in [2.75, 3.05) is 5.73 Å². The zero-order chi connectivity index (χ0) is 13.8. The summed E-state index contributed by atoms with van der Waals surface area (Å²) in [6, 6.07) is 27.1. The maximum atomic E-state index is 6.06. The Morgan fingerprint density at radius 1 is 0.600 bits per heavy atom. The summed E-state index contributed by atoms with van der Waals surface area (Å²) in [4.78, 5) is 0. The average molecular weight is 259 g/mol. The molecule has 3 aromatic carbocycles. The summed E-state index contributed by atoms with van der Waals surface area (Å²) in [5, 5.41) is 0. The predicted octanol–water partition coefficient (Wildman–Crippen LogP) is 4.53. The zero-order valence-corrected chi connectivity index (χ0v) is 11.3. The van der Waals surface area contributed by atoms with Crippen molar-refractivity contribution in [2.45, 2.75) is 6.42 Å². The molecule has 0 aromatic heterocycles. The number of nitrogens with two attached hydrogens (primary N) is 1. The highest BCUT2D eigenvalue weighted by Crippen LogP contribution is 2.26. The third kappa shape index (κ3) is 2.57. The predicted molar refractivity (Wildman–Crippen MR) is 85.5 cm³/mol. The van der Waals surface area contributed by atoms with Crippen LogP contribution in [-0.4, -0.2) is 0 Å². The molecule has 0 aliphatic heterocycles. The third-order valence-electron chi connectivity index (χ3n) is 3.54. The van der Waals surface area contributed by atoms with Crippen LogP contribution in [0, 0.1) is 0 Å². The maximum absolute atomic E-state index is 6.06. The van der Waals surface area contributed by atoms with Crippen LogP contribution in [0.25, 0.3) is 11.1 Å². The van der Waals surface area contributed by atoms with Crippen molar-refractivity contribution in [3.8, 4) is 11.1 Å². The van der Waals surface area contributed by atoms with Crippen LogP contribution in [0.1, 0.15) is 11.1 Å². The fraction of sp³-hybridized carbons (Fsp3) is 0.0526. The summed E-state index contributed by atoms with van der Waals surface area (Å²) in [6.45, 7) is 0. The van der Waals surface area contributed by atoms with Crippen LogP contribution in [0.5, 0.6) is 0 Å². The quantitative estimate of drug-likeness (QED) is 0.687. The van der Waals surface area contributed by atoms with Crippen LogP contribution in [0.3, 0.4) is 0 Å². The van der Waals surface area contributed by atoms with Gasteiger partial charge in [-0.15, -0.1) is 0 Å². The van der Waals surface area contributed by atoms with Gasteiger partial charge in [0.25, 0.3) is 0 Å². The molecule has 1 nitrogen and oxygen atoms in total. The highest BCUT2D eigenvalue weighted by atomic mass is 14.6. The highest BCUT2D eigenvalue weighted by Gasteiger charge is 2.06. The molecule has 3 rings (SSSR count). The molecule has 0 unspecified atom stereocenters. The van der Waals surface area contributed by atoms with Gasteiger partial charge in [0.1, 0.15) is 0 Å². The molecule has 0 atom stereocenters. The second kappa shape index (κ2) is 5.62. The molecular weight excluding hydrogens is 242 g/mol. The van der Waals surface area contributed by atoms with E-state index in [1.807, 2.05) is 24.3 Å². The summed E-state index contributed by atoms with van der Waals surface area (Å²) in [6.07, 6.45) is 0.859. The van der Waals surface area contributed by atoms with Crippen LogP contribution in [0.2, 0.25) is 0 Å². The molecule has 98 valence electrons. The van der Waals surface area contributed by atoms with Crippen molar-refractivity contribution in [1.29, 1.82) is 0 Å². The first-order valence-corrected chi connectivity index (χ1v) is 6.81. The molecule has 0 bridgehead atoms. The minimum Gasteiger partial charge on any atom is -0.398 e. The minimum atomic E-state index is 0.857. The molecule has 0 spiro atoms. The number of rotatable bonds is 3. The van der Waals surface area contributed by atoms with E-state index in [0.29, 0.717) is 0 Å². The average Bonchev–Trinajstić information content (AvgIpc) is 2.51. The Hall–Kier alpha value is -2.54. The number of benzene rings is 3. The van der Waals surface area contributed by atoms with Crippen LogP contribution in [0.15, 0.2) is 78.9 Å². The fourth-order valence-electron chi connectivity index (χ4n) is 2.47. The van der Waals surface area contributed by atoms with Crippen LogP contribution in [0.4, 0.5) is 5.69 Å². The van der Waals surface area contributed by atoms with E-state index in [0.717, 1.165) is 12.1 Å². The van der Waals surface area contributed by atoms with Gasteiger partial charge in [-0.25, -0.2) is 0 Å². The first kappa shape index (κ1) is 12.5. The first-order valence-electron chi connectivity index (χ1n) is 6.81. The Morgan fingerprint density at radius 2 is 1.20 bits per heavy atom. The highest BCUT2D eigenvalue weighted by molar-refractivity contribution is 5.68. The Bertz CT molecular complexity index is 702. The van der Waals surface area contributed by atoms with Gasteiger partial charge in [-0.2, -0.15) is 0 Å². The summed E-state index contributed by atoms with van der Waals surface area (Å²) < 4.78 is 0. The molecule has 0 saturated carbocycles. The smallest absolute Gasteiger partial charge is 0.0349 e. The number of para-hydroxylation sites is 1. The Kier molecular flexibility index (Phi) is 3.51. The molecular formula is C19H17N. The number of hydrogen-bond donors (Lipinski definition) is 1. The van der Waals surface area contributed by atoms with Gasteiger partial charge in [-0.3, -0.25) is 0 Å². The van der Waals surface area contributed by atoms with E-state index in [9.17, 15) is 0 Å². The van der Waals surface area contributed by atoms with Crippen molar-refractivity contribution in [2.24, 2.45) is 0 Å². The van der Waals surface area contributed by atoms with Crippen LogP contribution >= 0.6 is 0 Å². The zero-order valence-electron chi connectivity index (χ0n) is 11.3. The fourth-order valence-corrected chi connectivity index (χ4v) is 2.47. The summed E-state index contributed by atoms with van der Waals surface area (Å²) in [7, 11) is 0. The lowest BCUT2D eigenvalue weighted by atomic mass is 9.94. The van der Waals surface area contributed by atoms with Gasteiger partial charge in [0.2, 0.25) is 0 Å². The molecule has 20 heavy (non-hydrogen) atoms. The molecule has 3 aromatic rings. The SMILES string of the molecule is Nc1ccccc1Cc1ccccc1-c1ccccc1. The molecule has 0 heterocycles. The number of anilines is 1. The molecule has 0 aliphatic rings. The van der Waals surface area contributed by atoms with Gasteiger partial charge < -0.3 is 5.73 Å². The third-order valence-corrected chi connectivity index (χ3v) is 3.54. The van der Waals surface area contributed by atoms with Crippen molar-refractivity contribution in [1.82, 2.24) is 0 Å². The molecule has 0 amide bonds. The van der Waals surface area contributed by atoms with E-state index in [4.69, 9.17) is 5.73 Å². The Morgan fingerprint density at radius 3 is 1.95 bits per heavy atom. The largest absolute Gasteiger partial charge is 0.398 e. The molecule has 0 fully saturated rings. The van der Waals surface area contributed by atoms with Gasteiger partial charge in [0.15, 0.2) is 0 Å². The normalized spacial score (nSPS) is 10.4. The van der Waals surface area contributed by atoms with Gasteiger partial charge in [0.05, 0.1) is 0 Å². The van der Waals surface area contributed by atoms with E-state index in [2.05, 4.69) is 54.6 Å². The Labute approximate surface area is 119 Å². The second-order valence-electron chi connectivity index (χ2n) is 4.90. The standard InChI is InChI=1S/C19H17N/c20-19-13-7-5-11-17(19)14-16-10-4-6-12-18(16)15-8-2-1-3-9-15/h1-13H,14,20H2. The van der Waals surface area contributed by atoms with Gasteiger partial charge in [0, 0.05) is 12.1 Å². The van der Waals surface area contributed by atoms with Crippen molar-refractivity contribution < 1.29 is 0 Å². The number of hydrogen-bond acceptors (Lipinski definition) is 1. The van der Waals surface area contributed by atoms with E-state index in [1.54, 1.807) is 0 Å². The molecule has 2 N–H and O–H groups in total. The van der Waals surface area contributed by atoms with Crippen LogP contribution in [-0.2, 0) is 6.42 Å². The lowest BCUT2D eigenvalue weighted by Crippen LogP contribution is -1.97. The van der Waals surface area contributed by atoms with E-state index < -0.39 is 0 Å². The second-order valence-corrected chi connectivity index (χ2v) is 4.90. The van der Waals surface area contributed by atoms with Crippen LogP contribution < -0.4 is 5.73 Å². The molecule has 0 radical (unpaired) electrons. The van der Waals surface area contributed by atoms with E-state index in [-0.39, 0.29) is 0 Å². The van der Waals surface area contributed by atoms with Crippen molar-refractivity contribution >= 4 is 5.69 Å². The van der Waals surface area contributed by atoms with Gasteiger partial charge in [-0.1, -0.05) is 72.8 Å². The lowest BCUT2D eigenvalue weighted by molar-refractivity contribution is 1.20. The number of nitrogen functional groups attached to an aromatic ring is 1. The van der Waals surface area contributed by atoms with Crippen molar-refractivity contribution in [3.05, 3.63) is 90.0 Å². The van der Waals surface area contributed by atoms with Crippen molar-refractivity contribution in [3.63, 3.8) is 0 Å². The van der Waals surface area contributed by atoms with E-state index >= 15 is 0 Å². The summed E-state index contributed by atoms with van der Waals surface area (Å²) in [5.41, 5.74) is 11.9. The Balaban J connectivity index is 2.01. The summed E-state index contributed by atoms with van der Waals surface area (Å²) >= 11 is 0. The van der Waals surface area contributed by atoms with E-state index in [1.165, 1.54) is 22.3 Å². The summed E-state index contributed by atoms with van der Waals surface area (Å²) in [5.74, 6) is 0. The van der Waals surface area contributed by atoms with Gasteiger partial charge >= 0.3 is 0 Å². The minimum absolute atomic E-state index is 0.857.